The zero-order valence-electron chi connectivity index (χ0n) is 20.3. The van der Waals surface area contributed by atoms with Crippen molar-refractivity contribution in [2.75, 3.05) is 13.6 Å². The quantitative estimate of drug-likeness (QED) is 0.413. The minimum atomic E-state index is -0.497. The van der Waals surface area contributed by atoms with Crippen molar-refractivity contribution in [1.29, 1.82) is 0 Å². The monoisotopic (exact) mass is 483 g/mol. The van der Waals surface area contributed by atoms with Gasteiger partial charge in [0.25, 0.3) is 5.91 Å². The average molecular weight is 484 g/mol. The number of hydrogen-bond donors (Lipinski definition) is 0. The third kappa shape index (κ3) is 3.86. The van der Waals surface area contributed by atoms with Crippen LogP contribution >= 0.6 is 0 Å². The highest BCUT2D eigenvalue weighted by atomic mass is 16.5. The van der Waals surface area contributed by atoms with Gasteiger partial charge in [-0.2, -0.15) is 4.98 Å². The molecule has 0 saturated heterocycles. The maximum Gasteiger partial charge on any atom is 0.316 e. The van der Waals surface area contributed by atoms with Gasteiger partial charge in [0, 0.05) is 37.9 Å². The number of nitrogens with zero attached hydrogens (tertiary/aromatic N) is 5. The third-order valence-corrected chi connectivity index (χ3v) is 7.49. The Hall–Kier alpha value is -3.94. The molecule has 0 radical (unpaired) electrons. The van der Waals surface area contributed by atoms with E-state index in [0.29, 0.717) is 30.5 Å². The van der Waals surface area contributed by atoms with E-state index in [1.165, 1.54) is 0 Å². The lowest BCUT2D eigenvalue weighted by atomic mass is 9.96. The van der Waals surface area contributed by atoms with Crippen molar-refractivity contribution in [3.63, 3.8) is 0 Å². The maximum atomic E-state index is 13.5. The fourth-order valence-electron chi connectivity index (χ4n) is 5.66. The van der Waals surface area contributed by atoms with Gasteiger partial charge in [0.15, 0.2) is 5.69 Å². The number of likely N-dealkylation sites (N-methyl/N-ethyl adjacent to an activating group) is 1. The van der Waals surface area contributed by atoms with E-state index in [-0.39, 0.29) is 24.3 Å². The summed E-state index contributed by atoms with van der Waals surface area (Å²) in [6.07, 6.45) is 8.20. The van der Waals surface area contributed by atoms with Gasteiger partial charge in [0.1, 0.15) is 18.1 Å². The molecule has 6 rings (SSSR count). The summed E-state index contributed by atoms with van der Waals surface area (Å²) in [5, 5.41) is 1.04. The van der Waals surface area contributed by atoms with E-state index < -0.39 is 5.56 Å². The van der Waals surface area contributed by atoms with Crippen molar-refractivity contribution >= 4 is 16.9 Å². The van der Waals surface area contributed by atoms with Gasteiger partial charge < -0.3 is 18.8 Å². The van der Waals surface area contributed by atoms with E-state index in [9.17, 15) is 9.59 Å². The smallest absolute Gasteiger partial charge is 0.316 e. The molecule has 1 atom stereocenters. The fraction of sp³-hybridized carbons (Fsp3) is 0.357. The molecule has 1 aromatic carbocycles. The van der Waals surface area contributed by atoms with Gasteiger partial charge in [-0.3, -0.25) is 9.59 Å². The molecule has 1 fully saturated rings. The molecule has 3 aromatic heterocycles. The molecule has 0 N–H and O–H groups in total. The Bertz CT molecular complexity index is 1470. The number of hydrogen-bond acceptors (Lipinski definition) is 5. The Morgan fingerprint density at radius 3 is 2.64 bits per heavy atom. The largest absolute Gasteiger partial charge is 0.481 e. The van der Waals surface area contributed by atoms with Gasteiger partial charge >= 0.3 is 5.56 Å². The van der Waals surface area contributed by atoms with Gasteiger partial charge in [-0.1, -0.05) is 43.2 Å². The Morgan fingerprint density at radius 1 is 1.03 bits per heavy atom. The zero-order valence-corrected chi connectivity index (χ0v) is 20.3. The first-order chi connectivity index (χ1) is 17.6. The van der Waals surface area contributed by atoms with Crippen LogP contribution in [0.4, 0.5) is 0 Å². The van der Waals surface area contributed by atoms with E-state index in [0.717, 1.165) is 42.3 Å². The SMILES string of the molecule is CN1CCn2c(C(C3CCCC3)n3ccc4cccnc43)nc(=O)c(OCc3ccccc3)c2C1=O. The summed E-state index contributed by atoms with van der Waals surface area (Å²) in [7, 11) is 1.76. The molecule has 1 amide bonds. The Kier molecular flexibility index (Phi) is 5.79. The number of fused-ring (bicyclic) bond motifs is 2. The van der Waals surface area contributed by atoms with Crippen molar-refractivity contribution < 1.29 is 9.53 Å². The summed E-state index contributed by atoms with van der Waals surface area (Å²) >= 11 is 0. The predicted molar refractivity (Wildman–Crippen MR) is 136 cm³/mol. The van der Waals surface area contributed by atoms with Gasteiger partial charge in [-0.25, -0.2) is 4.98 Å². The number of rotatable bonds is 6. The molecule has 1 aliphatic carbocycles. The molecule has 1 saturated carbocycles. The Balaban J connectivity index is 1.51. The topological polar surface area (TPSA) is 82.2 Å². The lowest BCUT2D eigenvalue weighted by molar-refractivity contribution is 0.0732. The molecule has 1 unspecified atom stereocenters. The van der Waals surface area contributed by atoms with Crippen molar-refractivity contribution in [3.05, 3.63) is 88.4 Å². The van der Waals surface area contributed by atoms with Crippen LogP contribution in [-0.4, -0.2) is 43.5 Å². The van der Waals surface area contributed by atoms with Crippen LogP contribution in [0.15, 0.2) is 65.7 Å². The first kappa shape index (κ1) is 22.5. The first-order valence-corrected chi connectivity index (χ1v) is 12.6. The molecule has 0 spiro atoms. The van der Waals surface area contributed by atoms with Crippen molar-refractivity contribution in [3.8, 4) is 5.75 Å². The standard InChI is InChI=1S/C28H29N5O3/c1-31-16-17-33-23(28(31)35)24(36-18-19-8-3-2-4-9-19)27(34)30-26(33)22(20-10-5-6-11-20)32-15-13-21-12-7-14-29-25(21)32/h2-4,7-9,12-15,20,22H,5-6,10-11,16-18H2,1H3. The highest BCUT2D eigenvalue weighted by Gasteiger charge is 2.37. The summed E-state index contributed by atoms with van der Waals surface area (Å²) in [6, 6.07) is 15.5. The molecule has 4 heterocycles. The molecular weight excluding hydrogens is 454 g/mol. The molecule has 4 aromatic rings. The maximum absolute atomic E-state index is 13.5. The lowest BCUT2D eigenvalue weighted by Gasteiger charge is -2.33. The first-order valence-electron chi connectivity index (χ1n) is 12.6. The van der Waals surface area contributed by atoms with Crippen LogP contribution in [0.3, 0.4) is 0 Å². The summed E-state index contributed by atoms with van der Waals surface area (Å²) in [4.78, 5) is 37.8. The second-order valence-corrected chi connectivity index (χ2v) is 9.73. The van der Waals surface area contributed by atoms with Crippen LogP contribution in [0, 0.1) is 5.92 Å². The lowest BCUT2D eigenvalue weighted by Crippen LogP contribution is -2.43. The summed E-state index contributed by atoms with van der Waals surface area (Å²) in [5.74, 6) is 0.737. The van der Waals surface area contributed by atoms with Crippen molar-refractivity contribution in [2.24, 2.45) is 5.92 Å². The second kappa shape index (κ2) is 9.26. The molecule has 2 aliphatic rings. The molecule has 8 heteroatoms. The number of amides is 1. The van der Waals surface area contributed by atoms with Crippen LogP contribution in [0.25, 0.3) is 11.0 Å². The van der Waals surface area contributed by atoms with Gasteiger partial charge in [-0.05, 0) is 42.5 Å². The third-order valence-electron chi connectivity index (χ3n) is 7.49. The van der Waals surface area contributed by atoms with Gasteiger partial charge in [0.05, 0.1) is 6.04 Å². The van der Waals surface area contributed by atoms with Crippen LogP contribution in [0.5, 0.6) is 5.75 Å². The van der Waals surface area contributed by atoms with E-state index >= 15 is 0 Å². The summed E-state index contributed by atoms with van der Waals surface area (Å²) in [5.41, 5.74) is 1.58. The normalized spacial score (nSPS) is 16.9. The summed E-state index contributed by atoms with van der Waals surface area (Å²) in [6.45, 7) is 1.29. The number of carbonyl (C=O) groups excluding carboxylic acids is 1. The minimum absolute atomic E-state index is 0.0276. The number of pyridine rings is 1. The van der Waals surface area contributed by atoms with Crippen LogP contribution in [0.1, 0.15) is 53.6 Å². The number of benzene rings is 1. The zero-order chi connectivity index (χ0) is 24.6. The molecule has 1 aliphatic heterocycles. The van der Waals surface area contributed by atoms with E-state index in [2.05, 4.69) is 20.6 Å². The molecule has 184 valence electrons. The predicted octanol–water partition coefficient (Wildman–Crippen LogP) is 4.04. The Morgan fingerprint density at radius 2 is 1.83 bits per heavy atom. The molecule has 0 bridgehead atoms. The average Bonchev–Trinajstić information content (AvgIpc) is 3.58. The van der Waals surface area contributed by atoms with E-state index in [4.69, 9.17) is 4.74 Å². The van der Waals surface area contributed by atoms with E-state index in [1.54, 1.807) is 18.1 Å². The van der Waals surface area contributed by atoms with Crippen molar-refractivity contribution in [1.82, 2.24) is 24.0 Å². The van der Waals surface area contributed by atoms with Crippen molar-refractivity contribution in [2.45, 2.75) is 44.9 Å². The van der Waals surface area contributed by atoms with Crippen LogP contribution in [-0.2, 0) is 13.2 Å². The molecular formula is C28H29N5O3. The van der Waals surface area contributed by atoms with E-state index in [1.807, 2.05) is 53.2 Å². The number of ether oxygens (including phenoxy) is 1. The van der Waals surface area contributed by atoms with Crippen LogP contribution < -0.4 is 10.3 Å². The highest BCUT2D eigenvalue weighted by molar-refractivity contribution is 5.95. The fourth-order valence-corrected chi connectivity index (χ4v) is 5.66. The second-order valence-electron chi connectivity index (χ2n) is 9.73. The number of aromatic nitrogens is 4. The molecule has 36 heavy (non-hydrogen) atoms. The minimum Gasteiger partial charge on any atom is -0.481 e. The summed E-state index contributed by atoms with van der Waals surface area (Å²) < 4.78 is 10.1. The Labute approximate surface area is 209 Å². The highest BCUT2D eigenvalue weighted by Crippen LogP contribution is 2.40. The molecule has 8 nitrogen and oxygen atoms in total. The van der Waals surface area contributed by atoms with Gasteiger partial charge in [0.2, 0.25) is 5.75 Å². The number of carbonyl (C=O) groups is 1. The van der Waals surface area contributed by atoms with Gasteiger partial charge in [-0.15, -0.1) is 0 Å². The van der Waals surface area contributed by atoms with Crippen LogP contribution in [0.2, 0.25) is 0 Å².